The lowest BCUT2D eigenvalue weighted by Crippen LogP contribution is -1.94. The van der Waals surface area contributed by atoms with E-state index < -0.39 is 0 Å². The summed E-state index contributed by atoms with van der Waals surface area (Å²) in [6.07, 6.45) is 0. The summed E-state index contributed by atoms with van der Waals surface area (Å²) in [6, 6.07) is 74.8. The molecule has 0 amide bonds. The zero-order valence-electron chi connectivity index (χ0n) is 31.0. The Morgan fingerprint density at radius 3 is 1.56 bits per heavy atom. The molecule has 0 N–H and O–H groups in total. The van der Waals surface area contributed by atoms with Crippen LogP contribution in [0.1, 0.15) is 0 Å². The summed E-state index contributed by atoms with van der Waals surface area (Å²) in [7, 11) is 0. The van der Waals surface area contributed by atoms with Crippen molar-refractivity contribution >= 4 is 86.4 Å². The molecule has 0 fully saturated rings. The van der Waals surface area contributed by atoms with Crippen molar-refractivity contribution < 1.29 is 0 Å². The van der Waals surface area contributed by atoms with Gasteiger partial charge in [0.25, 0.3) is 0 Å². The van der Waals surface area contributed by atoms with Gasteiger partial charge in [0.15, 0.2) is 0 Å². The van der Waals surface area contributed by atoms with E-state index >= 15 is 0 Å². The number of nitrogens with zero attached hydrogens (tertiary/aromatic N) is 1. The van der Waals surface area contributed by atoms with Gasteiger partial charge in [-0.1, -0.05) is 158 Å². The second kappa shape index (κ2) is 11.5. The molecule has 0 spiro atoms. The summed E-state index contributed by atoms with van der Waals surface area (Å²) in [5.74, 6) is 0. The van der Waals surface area contributed by atoms with Crippen LogP contribution in [0.4, 0.5) is 0 Å². The van der Waals surface area contributed by atoms with Crippen LogP contribution in [0.5, 0.6) is 0 Å². The second-order valence-corrected chi connectivity index (χ2v) is 15.6. The number of hydrogen-bond donors (Lipinski definition) is 0. The Balaban J connectivity index is 1.12. The minimum absolute atomic E-state index is 1.17. The van der Waals surface area contributed by atoms with Gasteiger partial charge in [-0.2, -0.15) is 0 Å². The molecular formula is C56H33N. The van der Waals surface area contributed by atoms with Gasteiger partial charge >= 0.3 is 0 Å². The standard InChI is InChI=1S/C56H33N/c1-2-14-42(15-3-1)57-51-18-5-4-16-45(51)50-32-40(26-30-52(50)57)44-28-25-39(43-27-23-38-22-20-34-9-6-10-36-24-29-47(43)56(38)53(34)36)31-48(44)49-33-41-13-7-11-35-19-21-37-12-8-17-46(49)55(37)54(35)41/h1-33H. The molecule has 0 saturated heterocycles. The molecule has 13 aromatic rings. The Morgan fingerprint density at radius 2 is 0.772 bits per heavy atom. The van der Waals surface area contributed by atoms with Crippen LogP contribution in [0, 0.1) is 0 Å². The predicted octanol–water partition coefficient (Wildman–Crippen LogP) is 15.6. The third-order valence-electron chi connectivity index (χ3n) is 12.7. The molecule has 0 aliphatic carbocycles. The number of aromatic nitrogens is 1. The van der Waals surface area contributed by atoms with Crippen molar-refractivity contribution in [2.75, 3.05) is 0 Å². The van der Waals surface area contributed by atoms with E-state index in [-0.39, 0.29) is 0 Å². The van der Waals surface area contributed by atoms with E-state index in [9.17, 15) is 0 Å². The average Bonchev–Trinajstić information content (AvgIpc) is 3.61. The van der Waals surface area contributed by atoms with E-state index in [1.54, 1.807) is 0 Å². The molecule has 0 atom stereocenters. The molecule has 12 aromatic carbocycles. The Labute approximate surface area is 328 Å². The van der Waals surface area contributed by atoms with E-state index in [4.69, 9.17) is 0 Å². The highest BCUT2D eigenvalue weighted by Gasteiger charge is 2.20. The highest BCUT2D eigenvalue weighted by Crippen LogP contribution is 2.47. The Hall–Kier alpha value is -7.48. The topological polar surface area (TPSA) is 4.93 Å². The fourth-order valence-corrected chi connectivity index (χ4v) is 10.2. The van der Waals surface area contributed by atoms with Crippen molar-refractivity contribution in [3.63, 3.8) is 0 Å². The van der Waals surface area contributed by atoms with E-state index in [0.717, 1.165) is 0 Å². The highest BCUT2D eigenvalue weighted by atomic mass is 15.0. The Bertz CT molecular complexity index is 3720. The molecule has 0 radical (unpaired) electrons. The first-order valence-electron chi connectivity index (χ1n) is 19.8. The van der Waals surface area contributed by atoms with Gasteiger partial charge < -0.3 is 4.57 Å². The van der Waals surface area contributed by atoms with Crippen LogP contribution in [-0.2, 0) is 0 Å². The summed E-state index contributed by atoms with van der Waals surface area (Å²) in [5, 5.41) is 18.1. The maximum absolute atomic E-state index is 2.47. The largest absolute Gasteiger partial charge is 0.309 e. The average molecular weight is 720 g/mol. The second-order valence-electron chi connectivity index (χ2n) is 15.6. The van der Waals surface area contributed by atoms with E-state index in [0.29, 0.717) is 0 Å². The number of rotatable bonds is 4. The molecular weight excluding hydrogens is 687 g/mol. The molecule has 13 rings (SSSR count). The molecule has 1 nitrogen and oxygen atoms in total. The molecule has 57 heavy (non-hydrogen) atoms. The first kappa shape index (κ1) is 30.8. The highest BCUT2D eigenvalue weighted by molar-refractivity contribution is 6.28. The van der Waals surface area contributed by atoms with Crippen LogP contribution in [-0.4, -0.2) is 4.57 Å². The van der Waals surface area contributed by atoms with E-state index in [2.05, 4.69) is 205 Å². The molecule has 1 aromatic heterocycles. The van der Waals surface area contributed by atoms with Crippen molar-refractivity contribution in [2.45, 2.75) is 0 Å². The number of hydrogen-bond acceptors (Lipinski definition) is 0. The lowest BCUT2D eigenvalue weighted by Gasteiger charge is -2.19. The quantitative estimate of drug-likeness (QED) is 0.160. The molecule has 1 heterocycles. The molecule has 0 unspecified atom stereocenters. The van der Waals surface area contributed by atoms with Gasteiger partial charge in [-0.3, -0.25) is 0 Å². The lowest BCUT2D eigenvalue weighted by atomic mass is 9.84. The first-order valence-corrected chi connectivity index (χ1v) is 19.8. The van der Waals surface area contributed by atoms with Gasteiger partial charge in [-0.25, -0.2) is 0 Å². The van der Waals surface area contributed by atoms with Crippen LogP contribution >= 0.6 is 0 Å². The molecule has 0 aliphatic heterocycles. The Morgan fingerprint density at radius 1 is 0.246 bits per heavy atom. The zero-order chi connectivity index (χ0) is 37.2. The van der Waals surface area contributed by atoms with Crippen molar-refractivity contribution in [1.29, 1.82) is 0 Å². The normalized spacial score (nSPS) is 12.2. The van der Waals surface area contributed by atoms with E-state index in [1.165, 1.54) is 126 Å². The van der Waals surface area contributed by atoms with Crippen LogP contribution in [0.2, 0.25) is 0 Å². The summed E-state index contributed by atoms with van der Waals surface area (Å²) >= 11 is 0. The molecule has 262 valence electrons. The van der Waals surface area contributed by atoms with Gasteiger partial charge in [0, 0.05) is 16.5 Å². The van der Waals surface area contributed by atoms with Gasteiger partial charge in [0.1, 0.15) is 0 Å². The summed E-state index contributed by atoms with van der Waals surface area (Å²) < 4.78 is 2.40. The van der Waals surface area contributed by atoms with Crippen LogP contribution < -0.4 is 0 Å². The monoisotopic (exact) mass is 719 g/mol. The maximum Gasteiger partial charge on any atom is 0.0541 e. The van der Waals surface area contributed by atoms with Gasteiger partial charge in [-0.15, -0.1) is 0 Å². The minimum atomic E-state index is 1.17. The van der Waals surface area contributed by atoms with E-state index in [1.807, 2.05) is 0 Å². The van der Waals surface area contributed by atoms with Crippen LogP contribution in [0.25, 0.3) is 126 Å². The molecule has 0 aliphatic rings. The minimum Gasteiger partial charge on any atom is -0.309 e. The van der Waals surface area contributed by atoms with Gasteiger partial charge in [-0.05, 0) is 140 Å². The first-order chi connectivity index (χ1) is 28.3. The lowest BCUT2D eigenvalue weighted by molar-refractivity contribution is 1.18. The van der Waals surface area contributed by atoms with Gasteiger partial charge in [0.05, 0.1) is 11.0 Å². The number of fused-ring (bicyclic) bond motifs is 3. The summed E-state index contributed by atoms with van der Waals surface area (Å²) in [5.41, 5.74) is 11.0. The van der Waals surface area contributed by atoms with Crippen molar-refractivity contribution in [2.24, 2.45) is 0 Å². The number of benzene rings is 12. The smallest absolute Gasteiger partial charge is 0.0541 e. The summed E-state index contributed by atoms with van der Waals surface area (Å²) in [6.45, 7) is 0. The fourth-order valence-electron chi connectivity index (χ4n) is 10.2. The summed E-state index contributed by atoms with van der Waals surface area (Å²) in [4.78, 5) is 0. The third kappa shape index (κ3) is 4.34. The fraction of sp³-hybridized carbons (Fsp3) is 0. The maximum atomic E-state index is 2.47. The zero-order valence-corrected chi connectivity index (χ0v) is 31.0. The van der Waals surface area contributed by atoms with Crippen LogP contribution in [0.15, 0.2) is 200 Å². The third-order valence-corrected chi connectivity index (χ3v) is 12.7. The molecule has 1 heteroatoms. The SMILES string of the molecule is c1ccc(-n2c3ccccc3c3cc(-c4ccc(-c5ccc6ccc7cccc8ccc5c6c78)cc4-c4cc5cccc6ccc7cccc4c7c65)ccc32)cc1. The van der Waals surface area contributed by atoms with Crippen molar-refractivity contribution in [1.82, 2.24) is 4.57 Å². The Kier molecular flexibility index (Phi) is 6.23. The molecule has 0 bridgehead atoms. The van der Waals surface area contributed by atoms with Crippen molar-refractivity contribution in [3.8, 4) is 39.1 Å². The number of para-hydroxylation sites is 2. The molecule has 0 saturated carbocycles. The predicted molar refractivity (Wildman–Crippen MR) is 244 cm³/mol. The van der Waals surface area contributed by atoms with Crippen molar-refractivity contribution in [3.05, 3.63) is 200 Å². The van der Waals surface area contributed by atoms with Crippen LogP contribution in [0.3, 0.4) is 0 Å². The van der Waals surface area contributed by atoms with Gasteiger partial charge in [0.2, 0.25) is 0 Å².